The van der Waals surface area contributed by atoms with Crippen LogP contribution in [-0.2, 0) is 0 Å². The predicted molar refractivity (Wildman–Crippen MR) is 177 cm³/mol. The Balaban J connectivity index is 1.33. The lowest BCUT2D eigenvalue weighted by atomic mass is 9.85. The molecule has 198 valence electrons. The minimum absolute atomic E-state index is 0.0643. The lowest BCUT2D eigenvalue weighted by Crippen LogP contribution is -1.97. The van der Waals surface area contributed by atoms with Gasteiger partial charge in [-0.05, 0) is 92.1 Å². The molecule has 0 fully saturated rings. The molecular formula is C40H28N2. The molecule has 0 amide bonds. The van der Waals surface area contributed by atoms with Crippen molar-refractivity contribution in [3.8, 4) is 39.1 Å². The molecule has 0 saturated heterocycles. The smallest absolute Gasteiger partial charge is 0.111 e. The van der Waals surface area contributed by atoms with Gasteiger partial charge >= 0.3 is 0 Å². The number of imidazole rings is 1. The van der Waals surface area contributed by atoms with Crippen molar-refractivity contribution < 1.29 is 4.11 Å². The fourth-order valence-electron chi connectivity index (χ4n) is 6.30. The van der Waals surface area contributed by atoms with Crippen molar-refractivity contribution in [2.45, 2.75) is 6.85 Å². The number of rotatable bonds is 4. The molecule has 1 heterocycles. The van der Waals surface area contributed by atoms with Gasteiger partial charge in [-0.25, -0.2) is 4.98 Å². The summed E-state index contributed by atoms with van der Waals surface area (Å²) in [4.78, 5) is 4.49. The number of fused-ring (bicyclic) bond motifs is 3. The van der Waals surface area contributed by atoms with Crippen LogP contribution in [0.3, 0.4) is 0 Å². The highest BCUT2D eigenvalue weighted by Crippen LogP contribution is 2.44. The number of hydrogen-bond donors (Lipinski definition) is 0. The van der Waals surface area contributed by atoms with Gasteiger partial charge in [0.25, 0.3) is 0 Å². The second kappa shape index (κ2) is 9.87. The SMILES string of the molecule is [2H]C([2H])([2H])c1nc2ccccc2n1-c1ccc(-c2c3ccccc3c(-c3cccc(-c4ccccc4)c3)c3ccccc23)cc1. The molecule has 8 rings (SSSR count). The van der Waals surface area contributed by atoms with E-state index in [1.54, 1.807) is 4.57 Å². The van der Waals surface area contributed by atoms with Crippen LogP contribution in [0.1, 0.15) is 9.94 Å². The third-order valence-corrected chi connectivity index (χ3v) is 8.16. The van der Waals surface area contributed by atoms with Gasteiger partial charge in [-0.3, -0.25) is 4.57 Å². The zero-order valence-corrected chi connectivity index (χ0v) is 22.8. The first-order valence-corrected chi connectivity index (χ1v) is 14.2. The molecule has 2 heteroatoms. The van der Waals surface area contributed by atoms with E-state index in [4.69, 9.17) is 4.11 Å². The van der Waals surface area contributed by atoms with Crippen LogP contribution in [0.25, 0.3) is 71.6 Å². The van der Waals surface area contributed by atoms with E-state index >= 15 is 0 Å². The van der Waals surface area contributed by atoms with Crippen molar-refractivity contribution in [2.75, 3.05) is 0 Å². The summed E-state index contributed by atoms with van der Waals surface area (Å²) in [5.41, 5.74) is 9.19. The van der Waals surface area contributed by atoms with Crippen LogP contribution in [0.2, 0.25) is 0 Å². The average Bonchev–Trinajstić information content (AvgIpc) is 3.48. The summed E-state index contributed by atoms with van der Waals surface area (Å²) in [6.07, 6.45) is 0. The molecule has 0 bridgehead atoms. The maximum absolute atomic E-state index is 8.16. The Morgan fingerprint density at radius 1 is 0.476 bits per heavy atom. The fraction of sp³-hybridized carbons (Fsp3) is 0.0250. The molecule has 0 spiro atoms. The van der Waals surface area contributed by atoms with Crippen LogP contribution in [-0.4, -0.2) is 9.55 Å². The lowest BCUT2D eigenvalue weighted by molar-refractivity contribution is 1.00. The zero-order chi connectivity index (χ0) is 30.5. The summed E-state index contributed by atoms with van der Waals surface area (Å²) in [6.45, 7) is -2.35. The molecule has 0 unspecified atom stereocenters. The number of aryl methyl sites for hydroxylation is 1. The van der Waals surface area contributed by atoms with E-state index in [1.807, 2.05) is 42.5 Å². The third kappa shape index (κ3) is 3.92. The molecule has 8 aromatic rings. The van der Waals surface area contributed by atoms with Crippen molar-refractivity contribution in [3.05, 3.63) is 157 Å². The third-order valence-electron chi connectivity index (χ3n) is 8.16. The van der Waals surface area contributed by atoms with Gasteiger partial charge in [0.2, 0.25) is 0 Å². The van der Waals surface area contributed by atoms with Gasteiger partial charge in [0, 0.05) is 9.80 Å². The summed E-state index contributed by atoms with van der Waals surface area (Å²) in [6, 6.07) is 52.3. The average molecular weight is 540 g/mol. The predicted octanol–water partition coefficient (Wildman–Crippen LogP) is 10.6. The molecule has 42 heavy (non-hydrogen) atoms. The highest BCUT2D eigenvalue weighted by atomic mass is 15.1. The Morgan fingerprint density at radius 3 is 1.69 bits per heavy atom. The van der Waals surface area contributed by atoms with Crippen molar-refractivity contribution >= 4 is 32.6 Å². The Morgan fingerprint density at radius 2 is 1.02 bits per heavy atom. The van der Waals surface area contributed by atoms with Gasteiger partial charge in [-0.2, -0.15) is 0 Å². The lowest BCUT2D eigenvalue weighted by Gasteiger charge is -2.18. The standard InChI is InChI=1S/C40H28N2/c1-27-41-37-20-9-10-21-38(37)42(27)32-24-22-29(23-25-32)39-33-16-5-7-18-35(33)40(36-19-8-6-17-34(36)39)31-15-11-14-30(26-31)28-12-3-2-4-13-28/h2-26H,1H3/i1D3. The van der Waals surface area contributed by atoms with Gasteiger partial charge in [0.1, 0.15) is 5.82 Å². The summed E-state index contributed by atoms with van der Waals surface area (Å²) in [5, 5.41) is 4.71. The van der Waals surface area contributed by atoms with Crippen LogP contribution < -0.4 is 0 Å². The Kier molecular flexibility index (Phi) is 5.00. The molecule has 0 radical (unpaired) electrons. The van der Waals surface area contributed by atoms with E-state index < -0.39 is 6.85 Å². The molecular weight excluding hydrogens is 508 g/mol. The van der Waals surface area contributed by atoms with Gasteiger partial charge < -0.3 is 0 Å². The summed E-state index contributed by atoms with van der Waals surface area (Å²) < 4.78 is 26.2. The van der Waals surface area contributed by atoms with Crippen LogP contribution in [0.5, 0.6) is 0 Å². The molecule has 0 N–H and O–H groups in total. The van der Waals surface area contributed by atoms with Gasteiger partial charge in [-0.15, -0.1) is 0 Å². The molecule has 7 aromatic carbocycles. The van der Waals surface area contributed by atoms with E-state index in [2.05, 4.69) is 114 Å². The quantitative estimate of drug-likeness (QED) is 0.203. The monoisotopic (exact) mass is 539 g/mol. The highest BCUT2D eigenvalue weighted by Gasteiger charge is 2.17. The Labute approximate surface area is 249 Å². The maximum atomic E-state index is 8.16. The number of para-hydroxylation sites is 2. The van der Waals surface area contributed by atoms with Crippen molar-refractivity contribution in [3.63, 3.8) is 0 Å². The van der Waals surface area contributed by atoms with Gasteiger partial charge in [-0.1, -0.05) is 121 Å². The second-order valence-corrected chi connectivity index (χ2v) is 10.6. The van der Waals surface area contributed by atoms with Crippen molar-refractivity contribution in [1.82, 2.24) is 9.55 Å². The molecule has 2 nitrogen and oxygen atoms in total. The Bertz CT molecular complexity index is 2290. The summed E-state index contributed by atoms with van der Waals surface area (Å²) in [5.74, 6) is 0.0643. The first kappa shape index (κ1) is 21.3. The van der Waals surface area contributed by atoms with Crippen molar-refractivity contribution in [1.29, 1.82) is 0 Å². The topological polar surface area (TPSA) is 17.8 Å². The first-order valence-electron chi connectivity index (χ1n) is 15.7. The number of aromatic nitrogens is 2. The van der Waals surface area contributed by atoms with E-state index in [9.17, 15) is 0 Å². The van der Waals surface area contributed by atoms with Gasteiger partial charge in [0.15, 0.2) is 0 Å². The minimum Gasteiger partial charge on any atom is -0.297 e. The molecule has 0 atom stereocenters. The number of hydrogen-bond acceptors (Lipinski definition) is 1. The highest BCUT2D eigenvalue weighted by molar-refractivity contribution is 6.21. The van der Waals surface area contributed by atoms with Gasteiger partial charge in [0.05, 0.1) is 11.0 Å². The summed E-state index contributed by atoms with van der Waals surface area (Å²) >= 11 is 0. The normalized spacial score (nSPS) is 12.8. The van der Waals surface area contributed by atoms with Crippen molar-refractivity contribution in [2.24, 2.45) is 0 Å². The zero-order valence-electron chi connectivity index (χ0n) is 25.8. The fourth-order valence-corrected chi connectivity index (χ4v) is 6.30. The molecule has 0 aliphatic heterocycles. The second-order valence-electron chi connectivity index (χ2n) is 10.6. The Hall–Kier alpha value is -5.47. The van der Waals surface area contributed by atoms with E-state index in [0.29, 0.717) is 5.52 Å². The van der Waals surface area contributed by atoms with Crippen LogP contribution in [0.15, 0.2) is 152 Å². The largest absolute Gasteiger partial charge is 0.297 e. The molecule has 0 saturated carbocycles. The van der Waals surface area contributed by atoms with Crippen LogP contribution >= 0.6 is 0 Å². The molecule has 0 aliphatic rings. The number of nitrogens with zero attached hydrogens (tertiary/aromatic N) is 2. The van der Waals surface area contributed by atoms with E-state index in [0.717, 1.165) is 22.3 Å². The minimum atomic E-state index is -2.35. The van der Waals surface area contributed by atoms with Crippen LogP contribution in [0.4, 0.5) is 0 Å². The summed E-state index contributed by atoms with van der Waals surface area (Å²) in [7, 11) is 0. The van der Waals surface area contributed by atoms with Crippen LogP contribution in [0, 0.1) is 6.85 Å². The molecule has 0 aliphatic carbocycles. The molecule has 1 aromatic heterocycles. The van der Waals surface area contributed by atoms with E-state index in [1.165, 1.54) is 43.8 Å². The first-order chi connectivity index (χ1) is 22.0. The number of benzene rings is 7. The van der Waals surface area contributed by atoms with E-state index in [-0.39, 0.29) is 5.82 Å². The maximum Gasteiger partial charge on any atom is 0.111 e.